The maximum atomic E-state index is 5.38. The number of nitrogens with zero attached hydrogens (tertiary/aromatic N) is 2. The van der Waals surface area contributed by atoms with Gasteiger partial charge in [-0.1, -0.05) is 57.5 Å². The fraction of sp³-hybridized carbons (Fsp3) is 0.769. The minimum Gasteiger partial charge on any atom is -0.411 e. The zero-order valence-electron chi connectivity index (χ0n) is 21.1. The van der Waals surface area contributed by atoms with Crippen LogP contribution in [-0.2, 0) is 41.7 Å². The van der Waals surface area contributed by atoms with E-state index in [1.54, 1.807) is 0 Å². The van der Waals surface area contributed by atoms with Gasteiger partial charge in [0.15, 0.2) is 0 Å². The minimum atomic E-state index is 0. The van der Waals surface area contributed by atoms with Gasteiger partial charge in [0, 0.05) is 24.2 Å². The Morgan fingerprint density at radius 2 is 0.730 bits per heavy atom. The standard InChI is InChI=1S/2C13H19NS4.Ni/c2*15-11-5-1-3-9(7-11)14(13(17)18)10-4-2-6-12(16)8-10;/h2*9-10H,1-8H2,(H,17,18);/q;;+2/p-2. The normalized spacial score (nSPS) is 28.3. The molecule has 0 aromatic rings. The Bertz CT molecular complexity index is 753. The SMILES string of the molecule is S=C1CCCC(N(C(=S)[S-])C2CCCC(=S)C2)C1.S=C1CCCC(N(C(=S)[S-])C2CCCC(=S)C2)C1.[Ni+2]. The molecule has 0 saturated heterocycles. The topological polar surface area (TPSA) is 6.48 Å². The molecule has 0 amide bonds. The average molecular weight is 692 g/mol. The first kappa shape index (κ1) is 34.3. The van der Waals surface area contributed by atoms with Crippen LogP contribution in [0.4, 0.5) is 0 Å². The molecule has 0 radical (unpaired) electrons. The van der Waals surface area contributed by atoms with Gasteiger partial charge in [0.05, 0.1) is 0 Å². The molecule has 4 aliphatic rings. The monoisotopic (exact) mass is 690 g/mol. The summed E-state index contributed by atoms with van der Waals surface area (Å²) in [7, 11) is 0. The molecule has 37 heavy (non-hydrogen) atoms. The van der Waals surface area contributed by atoms with Crippen molar-refractivity contribution in [3.63, 3.8) is 0 Å². The molecule has 0 aromatic carbocycles. The van der Waals surface area contributed by atoms with Crippen molar-refractivity contribution in [2.75, 3.05) is 0 Å². The summed E-state index contributed by atoms with van der Waals surface area (Å²) in [4.78, 5) is 9.28. The van der Waals surface area contributed by atoms with Crippen molar-refractivity contribution in [1.82, 2.24) is 9.80 Å². The summed E-state index contributed by atoms with van der Waals surface area (Å²) >= 11 is 42.8. The fourth-order valence-corrected chi connectivity index (χ4v) is 8.69. The van der Waals surface area contributed by atoms with Gasteiger partial charge < -0.3 is 59.5 Å². The summed E-state index contributed by atoms with van der Waals surface area (Å²) in [6, 6.07) is 1.73. The molecule has 4 saturated carbocycles. The van der Waals surface area contributed by atoms with Crippen LogP contribution in [0.25, 0.3) is 0 Å². The van der Waals surface area contributed by atoms with Gasteiger partial charge in [-0.05, 0) is 122 Å². The molecule has 0 aliphatic heterocycles. The largest absolute Gasteiger partial charge is 2.00 e. The summed E-state index contributed by atoms with van der Waals surface area (Å²) in [5, 5.41) is 0. The van der Waals surface area contributed by atoms with Gasteiger partial charge in [0.25, 0.3) is 0 Å². The van der Waals surface area contributed by atoms with E-state index in [0.717, 1.165) is 51.4 Å². The van der Waals surface area contributed by atoms with E-state index in [2.05, 4.69) is 9.80 Å². The summed E-state index contributed by atoms with van der Waals surface area (Å²) in [6.07, 6.45) is 17.7. The number of hydrogen-bond acceptors (Lipinski definition) is 8. The molecule has 11 heteroatoms. The third kappa shape index (κ3) is 10.8. The molecular weight excluding hydrogens is 656 g/mol. The third-order valence-electron chi connectivity index (χ3n) is 7.82. The molecule has 2 nitrogen and oxygen atoms in total. The summed E-state index contributed by atoms with van der Waals surface area (Å²) in [5.41, 5.74) is 0. The van der Waals surface area contributed by atoms with Crippen LogP contribution in [0.15, 0.2) is 0 Å². The Balaban J connectivity index is 0.000000253. The second-order valence-electron chi connectivity index (χ2n) is 10.5. The van der Waals surface area contributed by atoms with Crippen molar-refractivity contribution in [1.29, 1.82) is 0 Å². The first-order chi connectivity index (χ1) is 17.2. The predicted octanol–water partition coefficient (Wildman–Crippen LogP) is 7.49. The number of hydrogen-bond donors (Lipinski definition) is 0. The Hall–Kier alpha value is 1.07. The van der Waals surface area contributed by atoms with Gasteiger partial charge in [0.2, 0.25) is 0 Å². The molecule has 0 heterocycles. The van der Waals surface area contributed by atoms with Gasteiger partial charge in [-0.15, -0.1) is 0 Å². The van der Waals surface area contributed by atoms with Crippen LogP contribution in [0, 0.1) is 0 Å². The van der Waals surface area contributed by atoms with Crippen molar-refractivity contribution in [2.24, 2.45) is 0 Å². The van der Waals surface area contributed by atoms with Crippen LogP contribution in [-0.4, -0.2) is 62.1 Å². The Kier molecular flexibility index (Phi) is 15.9. The first-order valence-corrected chi connectivity index (χ1v) is 16.5. The van der Waals surface area contributed by atoms with Crippen LogP contribution >= 0.6 is 73.3 Å². The van der Waals surface area contributed by atoms with Gasteiger partial charge in [-0.3, -0.25) is 0 Å². The van der Waals surface area contributed by atoms with E-state index in [9.17, 15) is 0 Å². The molecule has 208 valence electrons. The van der Waals surface area contributed by atoms with Crippen LogP contribution < -0.4 is 0 Å². The maximum absolute atomic E-state index is 5.38. The molecule has 0 spiro atoms. The quantitative estimate of drug-likeness (QED) is 0.166. The minimum absolute atomic E-state index is 0. The van der Waals surface area contributed by atoms with Crippen molar-refractivity contribution in [3.8, 4) is 0 Å². The Morgan fingerprint density at radius 3 is 0.892 bits per heavy atom. The average Bonchev–Trinajstić information content (AvgIpc) is 2.80. The van der Waals surface area contributed by atoms with Gasteiger partial charge in [-0.2, -0.15) is 0 Å². The number of thiocarbonyl (C=S) groups is 6. The molecule has 4 rings (SSSR count). The van der Waals surface area contributed by atoms with Gasteiger partial charge in [-0.25, -0.2) is 0 Å². The van der Waals surface area contributed by atoms with E-state index in [4.69, 9.17) is 98.6 Å². The van der Waals surface area contributed by atoms with Crippen molar-refractivity contribution < 1.29 is 16.5 Å². The third-order valence-corrected chi connectivity index (χ3v) is 10.1. The van der Waals surface area contributed by atoms with Crippen molar-refractivity contribution in [2.45, 2.75) is 127 Å². The van der Waals surface area contributed by atoms with Crippen LogP contribution in [0.3, 0.4) is 0 Å². The van der Waals surface area contributed by atoms with E-state index in [1.807, 2.05) is 0 Å². The number of rotatable bonds is 4. The van der Waals surface area contributed by atoms with Gasteiger partial charge >= 0.3 is 16.5 Å². The molecule has 4 fully saturated rings. The smallest absolute Gasteiger partial charge is 0.411 e. The van der Waals surface area contributed by atoms with Crippen molar-refractivity contribution >= 4 is 127 Å². The maximum Gasteiger partial charge on any atom is 2.00 e. The molecule has 0 N–H and O–H groups in total. The van der Waals surface area contributed by atoms with E-state index >= 15 is 0 Å². The second kappa shape index (κ2) is 17.1. The van der Waals surface area contributed by atoms with E-state index in [0.29, 0.717) is 32.8 Å². The van der Waals surface area contributed by atoms with E-state index in [1.165, 1.54) is 70.8 Å². The Morgan fingerprint density at radius 1 is 0.514 bits per heavy atom. The van der Waals surface area contributed by atoms with Crippen LogP contribution in [0.2, 0.25) is 0 Å². The second-order valence-corrected chi connectivity index (χ2v) is 14.9. The predicted molar refractivity (Wildman–Crippen MR) is 183 cm³/mol. The summed E-state index contributed by atoms with van der Waals surface area (Å²) < 4.78 is 1.22. The van der Waals surface area contributed by atoms with Crippen LogP contribution in [0.5, 0.6) is 0 Å². The van der Waals surface area contributed by atoms with E-state index in [-0.39, 0.29) is 16.5 Å². The van der Waals surface area contributed by atoms with E-state index < -0.39 is 0 Å². The zero-order valence-corrected chi connectivity index (χ0v) is 28.6. The molecule has 4 atom stereocenters. The van der Waals surface area contributed by atoms with Gasteiger partial charge in [0.1, 0.15) is 0 Å². The fourth-order valence-electron chi connectivity index (χ4n) is 6.15. The Labute approximate surface area is 277 Å². The molecule has 0 aromatic heterocycles. The molecule has 4 unspecified atom stereocenters. The zero-order chi connectivity index (χ0) is 26.2. The summed E-state index contributed by atoms with van der Waals surface area (Å²) in [6.45, 7) is 0. The summed E-state index contributed by atoms with van der Waals surface area (Å²) in [5.74, 6) is 0. The molecule has 4 aliphatic carbocycles. The van der Waals surface area contributed by atoms with Crippen molar-refractivity contribution in [3.05, 3.63) is 0 Å². The molecular formula is C26H36N2NiS8. The first-order valence-electron chi connectivity index (χ1n) is 13.2. The van der Waals surface area contributed by atoms with Crippen LogP contribution in [0.1, 0.15) is 103 Å². The molecule has 0 bridgehead atoms.